The van der Waals surface area contributed by atoms with Gasteiger partial charge < -0.3 is 14.5 Å². The highest BCUT2D eigenvalue weighted by molar-refractivity contribution is 14.1. The Kier molecular flexibility index (Phi) is 6.86. The lowest BCUT2D eigenvalue weighted by Gasteiger charge is -2.37. The first-order valence-corrected chi connectivity index (χ1v) is 13.5. The third kappa shape index (κ3) is 4.62. The number of benzene rings is 2. The molecule has 1 fully saturated rings. The number of rotatable bonds is 2. The number of carbonyl (C=O) groups excluding carboxylic acids is 1. The van der Waals surface area contributed by atoms with E-state index in [0.717, 1.165) is 16.5 Å². The molecule has 0 spiro atoms. The van der Waals surface area contributed by atoms with E-state index in [1.165, 1.54) is 6.20 Å². The molecule has 1 saturated heterocycles. The molecule has 196 valence electrons. The Balaban J connectivity index is 1.60. The molecule has 8 nitrogen and oxygen atoms in total. The maximum atomic E-state index is 16.3. The van der Waals surface area contributed by atoms with E-state index in [1.54, 1.807) is 11.0 Å². The molecule has 4 aromatic rings. The molecule has 0 atom stereocenters. The van der Waals surface area contributed by atoms with Crippen LogP contribution in [0.3, 0.4) is 0 Å². The van der Waals surface area contributed by atoms with Crippen molar-refractivity contribution in [3.63, 3.8) is 0 Å². The number of hydrogen-bond acceptors (Lipinski definition) is 6. The van der Waals surface area contributed by atoms with E-state index in [0.29, 0.717) is 52.1 Å². The van der Waals surface area contributed by atoms with Gasteiger partial charge in [0, 0.05) is 54.3 Å². The minimum atomic E-state index is -0.591. The summed E-state index contributed by atoms with van der Waals surface area (Å²) in [5.74, 6) is -0.557. The Morgan fingerprint density at radius 3 is 2.61 bits per heavy atom. The highest BCUT2D eigenvalue weighted by Crippen LogP contribution is 2.43. The van der Waals surface area contributed by atoms with Crippen LogP contribution in [0.4, 0.5) is 14.9 Å². The molecule has 0 saturated carbocycles. The number of carbonyl (C=O) groups is 1. The van der Waals surface area contributed by atoms with Gasteiger partial charge in [0.25, 0.3) is 0 Å². The van der Waals surface area contributed by atoms with E-state index in [1.807, 2.05) is 44.7 Å². The van der Waals surface area contributed by atoms with Crippen molar-refractivity contribution < 1.29 is 13.9 Å². The van der Waals surface area contributed by atoms with Gasteiger partial charge in [-0.2, -0.15) is 10.4 Å². The number of nitrogens with one attached hydrogen (secondary N) is 1. The van der Waals surface area contributed by atoms with Crippen LogP contribution in [0.25, 0.3) is 32.9 Å². The van der Waals surface area contributed by atoms with E-state index < -0.39 is 11.4 Å². The number of aromatic nitrogens is 3. The van der Waals surface area contributed by atoms with Crippen LogP contribution in [0.15, 0.2) is 24.4 Å². The number of fused-ring (bicyclic) bond motifs is 2. The monoisotopic (exact) mass is 646 g/mol. The number of H-pyrrole nitrogens is 1. The second kappa shape index (κ2) is 9.85. The summed E-state index contributed by atoms with van der Waals surface area (Å²) in [5.41, 5.74) is 2.94. The van der Waals surface area contributed by atoms with Gasteiger partial charge in [-0.1, -0.05) is 17.7 Å². The van der Waals surface area contributed by atoms with Crippen molar-refractivity contribution in [2.45, 2.75) is 33.3 Å². The molecule has 38 heavy (non-hydrogen) atoms. The molecule has 1 amide bonds. The lowest BCUT2D eigenvalue weighted by Crippen LogP contribution is -2.50. The number of aromatic amines is 1. The Hall–Kier alpha value is -3.17. The van der Waals surface area contributed by atoms with Gasteiger partial charge in [0.1, 0.15) is 20.9 Å². The van der Waals surface area contributed by atoms with Gasteiger partial charge in [-0.05, 0) is 68.0 Å². The van der Waals surface area contributed by atoms with E-state index >= 15 is 4.39 Å². The number of piperazine rings is 1. The second-order valence-corrected chi connectivity index (χ2v) is 11.7. The number of nitrogens with zero attached hydrogens (tertiary/aromatic N) is 5. The van der Waals surface area contributed by atoms with Crippen LogP contribution in [0.2, 0.25) is 5.02 Å². The Labute approximate surface area is 237 Å². The third-order valence-corrected chi connectivity index (χ3v) is 7.62. The first-order chi connectivity index (χ1) is 18.0. The van der Waals surface area contributed by atoms with Gasteiger partial charge in [0.05, 0.1) is 21.8 Å². The predicted molar refractivity (Wildman–Crippen MR) is 154 cm³/mol. The molecule has 1 N–H and O–H groups in total. The zero-order valence-corrected chi connectivity index (χ0v) is 24.2. The summed E-state index contributed by atoms with van der Waals surface area (Å²) >= 11 is 8.91. The van der Waals surface area contributed by atoms with E-state index in [9.17, 15) is 10.1 Å². The maximum Gasteiger partial charge on any atom is 0.410 e. The van der Waals surface area contributed by atoms with Crippen LogP contribution < -0.4 is 4.90 Å². The first-order valence-electron chi connectivity index (χ1n) is 12.1. The van der Waals surface area contributed by atoms with Crippen molar-refractivity contribution in [3.8, 4) is 17.2 Å². The quantitative estimate of drug-likeness (QED) is 0.253. The molecule has 3 heterocycles. The van der Waals surface area contributed by atoms with Crippen LogP contribution in [-0.4, -0.2) is 58.0 Å². The molecule has 0 unspecified atom stereocenters. The lowest BCUT2D eigenvalue weighted by atomic mass is 9.94. The number of amides is 1. The Morgan fingerprint density at radius 2 is 1.95 bits per heavy atom. The largest absolute Gasteiger partial charge is 0.444 e. The minimum Gasteiger partial charge on any atom is -0.444 e. The zero-order valence-electron chi connectivity index (χ0n) is 21.3. The van der Waals surface area contributed by atoms with Crippen molar-refractivity contribution >= 4 is 67.8 Å². The van der Waals surface area contributed by atoms with Crippen LogP contribution >= 0.6 is 34.2 Å². The van der Waals surface area contributed by atoms with Gasteiger partial charge >= 0.3 is 6.09 Å². The summed E-state index contributed by atoms with van der Waals surface area (Å²) in [7, 11) is 0. The summed E-state index contributed by atoms with van der Waals surface area (Å²) < 4.78 is 22.5. The average molecular weight is 647 g/mol. The molecular formula is C27H25ClFIN6O2. The smallest absolute Gasteiger partial charge is 0.410 e. The second-order valence-electron chi connectivity index (χ2n) is 10.2. The SMILES string of the molecule is Cc1ccc2[nH]nc(I)c2c1-c1c(Cl)cc2c(N3CCN(C(=O)OC(C)(C)C)CC3)c(C#N)cnc2c1F. The van der Waals surface area contributed by atoms with Crippen molar-refractivity contribution in [1.29, 1.82) is 5.26 Å². The highest BCUT2D eigenvalue weighted by Gasteiger charge is 2.29. The number of hydrogen-bond donors (Lipinski definition) is 1. The Bertz CT molecular complexity index is 1630. The van der Waals surface area contributed by atoms with Gasteiger partial charge in [0.15, 0.2) is 5.82 Å². The number of pyridine rings is 1. The highest BCUT2D eigenvalue weighted by atomic mass is 127. The van der Waals surface area contributed by atoms with Crippen LogP contribution in [-0.2, 0) is 4.74 Å². The van der Waals surface area contributed by atoms with Crippen molar-refractivity contribution in [2.24, 2.45) is 0 Å². The fourth-order valence-electron chi connectivity index (χ4n) is 4.84. The van der Waals surface area contributed by atoms with Crippen molar-refractivity contribution in [2.75, 3.05) is 31.1 Å². The molecule has 5 rings (SSSR count). The van der Waals surface area contributed by atoms with Crippen LogP contribution in [0.1, 0.15) is 31.9 Å². The summed E-state index contributed by atoms with van der Waals surface area (Å²) in [5, 5.41) is 18.6. The third-order valence-electron chi connectivity index (χ3n) is 6.54. The van der Waals surface area contributed by atoms with Gasteiger partial charge in [0.2, 0.25) is 0 Å². The van der Waals surface area contributed by atoms with E-state index in [4.69, 9.17) is 16.3 Å². The average Bonchev–Trinajstić information content (AvgIpc) is 3.24. The molecule has 0 aliphatic carbocycles. The Morgan fingerprint density at radius 1 is 1.24 bits per heavy atom. The molecule has 11 heteroatoms. The summed E-state index contributed by atoms with van der Waals surface area (Å²) in [6.45, 7) is 9.07. The number of halogens is 3. The maximum absolute atomic E-state index is 16.3. The molecule has 1 aliphatic rings. The van der Waals surface area contributed by atoms with Crippen molar-refractivity contribution in [3.05, 3.63) is 50.1 Å². The fraction of sp³-hybridized carbons (Fsp3) is 0.333. The topological polar surface area (TPSA) is 98.1 Å². The molecule has 2 aromatic carbocycles. The summed E-state index contributed by atoms with van der Waals surface area (Å²) in [6.07, 6.45) is 1.02. The van der Waals surface area contributed by atoms with Gasteiger partial charge in [-0.15, -0.1) is 0 Å². The fourth-order valence-corrected chi connectivity index (χ4v) is 5.81. The predicted octanol–water partition coefficient (Wildman–Crippen LogP) is 6.41. The lowest BCUT2D eigenvalue weighted by molar-refractivity contribution is 0.0240. The first kappa shape index (κ1) is 26.4. The standard InChI is InChI=1S/C27H25ClFIN6O2/c1-14-5-6-18-21(25(30)34-33-18)19(14)20-17(28)11-16-23(22(20)29)32-13-15(12-31)24(16)35-7-9-36(10-8-35)26(37)38-27(2,3)4/h5-6,11,13H,7-10H2,1-4H3,(H,33,34). The van der Waals surface area contributed by atoms with Gasteiger partial charge in [-0.25, -0.2) is 9.18 Å². The number of aryl methyl sites for hydroxylation is 1. The normalized spacial score (nSPS) is 14.3. The summed E-state index contributed by atoms with van der Waals surface area (Å²) in [4.78, 5) is 20.5. The molecular weight excluding hydrogens is 622 g/mol. The molecule has 0 radical (unpaired) electrons. The van der Waals surface area contributed by atoms with Crippen LogP contribution in [0.5, 0.6) is 0 Å². The molecule has 0 bridgehead atoms. The molecule has 1 aliphatic heterocycles. The number of ether oxygens (including phenoxy) is 1. The van der Waals surface area contributed by atoms with E-state index in [-0.39, 0.29) is 22.2 Å². The zero-order chi connectivity index (χ0) is 27.4. The minimum absolute atomic E-state index is 0.128. The summed E-state index contributed by atoms with van der Waals surface area (Å²) in [6, 6.07) is 7.67. The number of nitriles is 1. The van der Waals surface area contributed by atoms with Gasteiger partial charge in [-0.3, -0.25) is 10.1 Å². The number of anilines is 1. The van der Waals surface area contributed by atoms with Crippen molar-refractivity contribution in [1.82, 2.24) is 20.1 Å². The van der Waals surface area contributed by atoms with E-state index in [2.05, 4.69) is 43.8 Å². The molecule has 2 aromatic heterocycles. The van der Waals surface area contributed by atoms with Crippen LogP contribution in [0, 0.1) is 27.8 Å².